The van der Waals surface area contributed by atoms with Crippen LogP contribution in [0.3, 0.4) is 0 Å². The number of hydrogen-bond acceptors (Lipinski definition) is 3. The van der Waals surface area contributed by atoms with E-state index in [0.29, 0.717) is 6.42 Å². The van der Waals surface area contributed by atoms with Crippen molar-refractivity contribution in [2.75, 3.05) is 11.5 Å². The van der Waals surface area contributed by atoms with E-state index in [9.17, 15) is 23.2 Å². The Morgan fingerprint density at radius 2 is 1.35 bits per heavy atom. The summed E-state index contributed by atoms with van der Waals surface area (Å²) >= 11 is 0. The third-order valence-electron chi connectivity index (χ3n) is 7.46. The first-order chi connectivity index (χ1) is 19.3. The van der Waals surface area contributed by atoms with Gasteiger partial charge in [0, 0.05) is 12.1 Å². The summed E-state index contributed by atoms with van der Waals surface area (Å²) in [5.41, 5.74) is 0.146. The van der Waals surface area contributed by atoms with Crippen molar-refractivity contribution in [3.8, 4) is 6.07 Å². The van der Waals surface area contributed by atoms with E-state index >= 15 is 0 Å². The number of carbonyl (C=O) groups excluding carboxylic acids is 1. The van der Waals surface area contributed by atoms with Gasteiger partial charge in [-0.05, 0) is 47.7 Å². The summed E-state index contributed by atoms with van der Waals surface area (Å²) in [6.07, 6.45) is -4.12. The molecule has 0 aliphatic carbocycles. The Balaban J connectivity index is 1.59. The Hall–Kier alpha value is -4.41. The van der Waals surface area contributed by atoms with Crippen LogP contribution in [0.1, 0.15) is 46.2 Å². The highest BCUT2D eigenvalue weighted by Crippen LogP contribution is 2.43. The van der Waals surface area contributed by atoms with Crippen LogP contribution in [0.25, 0.3) is 0 Å². The zero-order valence-electron chi connectivity index (χ0n) is 21.9. The van der Waals surface area contributed by atoms with Gasteiger partial charge in [0.1, 0.15) is 5.60 Å². The first-order valence-electron chi connectivity index (χ1n) is 13.0. The fraction of sp³-hybridized carbons (Fsp3) is 0.212. The maximum atomic E-state index is 13.9. The lowest BCUT2D eigenvalue weighted by molar-refractivity contribution is -0.138. The Morgan fingerprint density at radius 1 is 0.850 bits per heavy atom. The van der Waals surface area contributed by atoms with E-state index in [1.165, 1.54) is 17.9 Å². The Labute approximate surface area is 231 Å². The van der Waals surface area contributed by atoms with Gasteiger partial charge in [-0.25, -0.2) is 0 Å². The van der Waals surface area contributed by atoms with Gasteiger partial charge in [-0.15, -0.1) is 0 Å². The van der Waals surface area contributed by atoms with E-state index in [1.54, 1.807) is 6.07 Å². The predicted molar refractivity (Wildman–Crippen MR) is 147 cm³/mol. The minimum absolute atomic E-state index is 0.0746. The van der Waals surface area contributed by atoms with Crippen LogP contribution in [0.5, 0.6) is 0 Å². The number of ether oxygens (including phenoxy) is 1. The summed E-state index contributed by atoms with van der Waals surface area (Å²) < 4.78 is 48.7. The van der Waals surface area contributed by atoms with Crippen LogP contribution in [0.2, 0.25) is 0 Å². The molecule has 4 aromatic rings. The molecule has 0 saturated carbocycles. The molecule has 202 valence electrons. The molecule has 1 atom stereocenters. The number of alkyl halides is 3. The number of amides is 1. The van der Waals surface area contributed by atoms with E-state index < -0.39 is 28.9 Å². The molecule has 1 aliphatic rings. The molecule has 4 nitrogen and oxygen atoms in total. The molecule has 1 heterocycles. The first-order valence-corrected chi connectivity index (χ1v) is 13.0. The lowest BCUT2D eigenvalue weighted by atomic mass is 9.80. The van der Waals surface area contributed by atoms with Crippen LogP contribution in [0, 0.1) is 18.3 Å². The van der Waals surface area contributed by atoms with Crippen molar-refractivity contribution in [1.29, 1.82) is 5.26 Å². The van der Waals surface area contributed by atoms with Crippen molar-refractivity contribution in [3.05, 3.63) is 137 Å². The fourth-order valence-corrected chi connectivity index (χ4v) is 5.64. The average molecular weight is 541 g/mol. The Kier molecular flexibility index (Phi) is 7.46. The quantitative estimate of drug-likeness (QED) is 0.230. The second kappa shape index (κ2) is 11.0. The molecule has 0 spiro atoms. The maximum absolute atomic E-state index is 13.9. The molecule has 5 rings (SSSR count). The molecular weight excluding hydrogens is 513 g/mol. The number of carbonyl (C=O) groups is 1. The van der Waals surface area contributed by atoms with Gasteiger partial charge in [0.2, 0.25) is 5.91 Å². The first kappa shape index (κ1) is 27.2. The number of halogens is 3. The normalized spacial score (nSPS) is 15.7. The minimum atomic E-state index is -4.73. The molecule has 0 radical (unpaired) electrons. The number of hydrogen-bond donors (Lipinski definition) is 0. The summed E-state index contributed by atoms with van der Waals surface area (Å²) in [5, 5.41) is 9.31. The molecule has 4 aromatic carbocycles. The van der Waals surface area contributed by atoms with Gasteiger partial charge in [-0.3, -0.25) is 4.79 Å². The van der Waals surface area contributed by atoms with Crippen LogP contribution in [-0.4, -0.2) is 18.6 Å². The largest absolute Gasteiger partial charge is 0.418 e. The van der Waals surface area contributed by atoms with Gasteiger partial charge >= 0.3 is 6.18 Å². The van der Waals surface area contributed by atoms with Gasteiger partial charge in [0.15, 0.2) is 0 Å². The highest BCUT2D eigenvalue weighted by molar-refractivity contribution is 5.97. The van der Waals surface area contributed by atoms with Gasteiger partial charge in [-0.1, -0.05) is 91.0 Å². The lowest BCUT2D eigenvalue weighted by Crippen LogP contribution is -2.41. The zero-order chi connectivity index (χ0) is 28.3. The van der Waals surface area contributed by atoms with Gasteiger partial charge in [-0.2, -0.15) is 18.4 Å². The fourth-order valence-electron chi connectivity index (χ4n) is 5.64. The highest BCUT2D eigenvalue weighted by Gasteiger charge is 2.42. The zero-order valence-corrected chi connectivity index (χ0v) is 21.9. The summed E-state index contributed by atoms with van der Waals surface area (Å²) in [7, 11) is 0. The van der Waals surface area contributed by atoms with E-state index in [1.807, 2.05) is 91.0 Å². The van der Waals surface area contributed by atoms with Crippen molar-refractivity contribution in [3.63, 3.8) is 0 Å². The van der Waals surface area contributed by atoms with Crippen LogP contribution < -0.4 is 4.90 Å². The number of benzene rings is 4. The Morgan fingerprint density at radius 3 is 1.80 bits per heavy atom. The number of rotatable bonds is 7. The van der Waals surface area contributed by atoms with Crippen molar-refractivity contribution in [2.24, 2.45) is 0 Å². The minimum Gasteiger partial charge on any atom is -0.359 e. The summed E-state index contributed by atoms with van der Waals surface area (Å²) in [6, 6.07) is 33.0. The van der Waals surface area contributed by atoms with Crippen molar-refractivity contribution >= 4 is 11.6 Å². The van der Waals surface area contributed by atoms with E-state index in [0.717, 1.165) is 22.8 Å². The standard InChI is InChI=1S/C33H27F3N2O2/c1-23-29(19-17-24(21-37)31(23)33(34,35)36)38-28(18-20-30(38)39)22-40-32(25-11-5-2-6-12-25,26-13-7-3-8-14-26)27-15-9-4-10-16-27/h2-17,19,28H,18,20,22H2,1H3. The third-order valence-corrected chi connectivity index (χ3v) is 7.46. The SMILES string of the molecule is Cc1c(N2C(=O)CCC2COC(c2ccccc2)(c2ccccc2)c2ccccc2)ccc(C#N)c1C(F)(F)F. The monoisotopic (exact) mass is 540 g/mol. The van der Waals surface area contributed by atoms with Crippen molar-refractivity contribution < 1.29 is 22.7 Å². The van der Waals surface area contributed by atoms with E-state index in [4.69, 9.17) is 4.74 Å². The molecule has 1 fully saturated rings. The molecule has 0 N–H and O–H groups in total. The van der Waals surface area contributed by atoms with E-state index in [2.05, 4.69) is 0 Å². The van der Waals surface area contributed by atoms with Crippen molar-refractivity contribution in [1.82, 2.24) is 0 Å². The van der Waals surface area contributed by atoms with Gasteiger partial charge < -0.3 is 9.64 Å². The predicted octanol–water partition coefficient (Wildman–Crippen LogP) is 7.39. The molecule has 7 heteroatoms. The second-order valence-corrected chi connectivity index (χ2v) is 9.79. The molecule has 0 bridgehead atoms. The average Bonchev–Trinajstić information content (AvgIpc) is 3.34. The van der Waals surface area contributed by atoms with Crippen LogP contribution in [-0.2, 0) is 21.3 Å². The molecule has 1 aliphatic heterocycles. The third kappa shape index (κ3) is 4.87. The molecular formula is C33H27F3N2O2. The second-order valence-electron chi connectivity index (χ2n) is 9.79. The van der Waals surface area contributed by atoms with Crippen molar-refractivity contribution in [2.45, 2.75) is 37.6 Å². The molecule has 40 heavy (non-hydrogen) atoms. The number of nitrogens with zero attached hydrogens (tertiary/aromatic N) is 2. The number of nitriles is 1. The smallest absolute Gasteiger partial charge is 0.359 e. The van der Waals surface area contributed by atoms with Crippen LogP contribution in [0.15, 0.2) is 103 Å². The van der Waals surface area contributed by atoms with Crippen LogP contribution >= 0.6 is 0 Å². The molecule has 0 aromatic heterocycles. The van der Waals surface area contributed by atoms with Gasteiger partial charge in [0.05, 0.1) is 29.8 Å². The lowest BCUT2D eigenvalue weighted by Gasteiger charge is -2.38. The molecule has 1 saturated heterocycles. The topological polar surface area (TPSA) is 53.3 Å². The van der Waals surface area contributed by atoms with Gasteiger partial charge in [0.25, 0.3) is 0 Å². The summed E-state index contributed by atoms with van der Waals surface area (Å²) in [4.78, 5) is 14.5. The highest BCUT2D eigenvalue weighted by atomic mass is 19.4. The molecule has 1 unspecified atom stereocenters. The Bertz CT molecular complexity index is 1430. The maximum Gasteiger partial charge on any atom is 0.418 e. The van der Waals surface area contributed by atoms with Crippen LogP contribution in [0.4, 0.5) is 18.9 Å². The summed E-state index contributed by atoms with van der Waals surface area (Å²) in [6.45, 7) is 1.38. The number of anilines is 1. The summed E-state index contributed by atoms with van der Waals surface area (Å²) in [5.74, 6) is -0.278. The molecule has 1 amide bonds. The van der Waals surface area contributed by atoms with E-state index in [-0.39, 0.29) is 30.2 Å².